The molecule has 0 bridgehead atoms. The van der Waals surface area contributed by atoms with Gasteiger partial charge in [0.1, 0.15) is 24.4 Å². The van der Waals surface area contributed by atoms with Crippen LogP contribution >= 0.6 is 0 Å². The van der Waals surface area contributed by atoms with E-state index >= 15 is 0 Å². The van der Waals surface area contributed by atoms with E-state index in [1.165, 1.54) is 0 Å². The van der Waals surface area contributed by atoms with E-state index < -0.39 is 40.8 Å². The summed E-state index contributed by atoms with van der Waals surface area (Å²) in [5, 5.41) is 10.9. The van der Waals surface area contributed by atoms with Gasteiger partial charge >= 0.3 is 0 Å². The zero-order valence-corrected chi connectivity index (χ0v) is 21.4. The lowest BCUT2D eigenvalue weighted by atomic mass is 9.98. The van der Waals surface area contributed by atoms with E-state index in [0.717, 1.165) is 22.9 Å². The molecule has 198 valence electrons. The Morgan fingerprint density at radius 1 is 0.676 bits per heavy atom. The van der Waals surface area contributed by atoms with Crippen LogP contribution in [-0.2, 0) is 53.1 Å². The van der Waals surface area contributed by atoms with E-state index in [4.69, 9.17) is 23.1 Å². The van der Waals surface area contributed by atoms with Crippen LogP contribution in [0.4, 0.5) is 0 Å². The first-order valence-corrected chi connectivity index (χ1v) is 13.9. The lowest BCUT2D eigenvalue weighted by Crippen LogP contribution is -2.61. The highest BCUT2D eigenvalue weighted by molar-refractivity contribution is 7.85. The van der Waals surface area contributed by atoms with E-state index in [1.807, 2.05) is 91.0 Å². The minimum atomic E-state index is -3.75. The van der Waals surface area contributed by atoms with Gasteiger partial charge in [-0.1, -0.05) is 91.0 Å². The van der Waals surface area contributed by atoms with Crippen LogP contribution < -0.4 is 0 Å². The van der Waals surface area contributed by atoms with Crippen molar-refractivity contribution >= 4 is 10.1 Å². The highest BCUT2D eigenvalue weighted by atomic mass is 32.2. The van der Waals surface area contributed by atoms with Gasteiger partial charge in [-0.25, -0.2) is 0 Å². The van der Waals surface area contributed by atoms with Crippen molar-refractivity contribution in [2.24, 2.45) is 0 Å². The van der Waals surface area contributed by atoms with Crippen LogP contribution in [0.15, 0.2) is 91.0 Å². The van der Waals surface area contributed by atoms with Crippen molar-refractivity contribution in [3.63, 3.8) is 0 Å². The van der Waals surface area contributed by atoms with Gasteiger partial charge in [-0.15, -0.1) is 0 Å². The van der Waals surface area contributed by atoms with Gasteiger partial charge in [-0.3, -0.25) is 4.18 Å². The Labute approximate surface area is 217 Å². The van der Waals surface area contributed by atoms with Gasteiger partial charge in [0, 0.05) is 0 Å². The number of hydrogen-bond donors (Lipinski definition) is 1. The van der Waals surface area contributed by atoms with Gasteiger partial charge < -0.3 is 24.1 Å². The molecule has 0 spiro atoms. The summed E-state index contributed by atoms with van der Waals surface area (Å²) in [6.45, 7) is 0.324. The summed E-state index contributed by atoms with van der Waals surface area (Å²) in [6.07, 6.45) is -3.85. The Morgan fingerprint density at radius 3 is 1.51 bits per heavy atom. The molecule has 0 aromatic heterocycles. The molecule has 1 heterocycles. The monoisotopic (exact) mass is 528 g/mol. The van der Waals surface area contributed by atoms with Gasteiger partial charge in [-0.05, 0) is 16.7 Å². The molecule has 1 aliphatic heterocycles. The Balaban J connectivity index is 1.58. The van der Waals surface area contributed by atoms with Crippen molar-refractivity contribution in [3.8, 4) is 0 Å². The molecule has 9 heteroatoms. The number of ether oxygens (including phenoxy) is 4. The second kappa shape index (κ2) is 13.3. The zero-order chi connectivity index (χ0) is 26.1. The fraction of sp³-hybridized carbons (Fsp3) is 0.357. The SMILES string of the molecule is CS(=O)(=O)OCC1O[C@H](O)C(OCc2ccccc2)C(OCc2ccccc2)[C@@H]1OCc1ccccc1. The lowest BCUT2D eigenvalue weighted by Gasteiger charge is -2.44. The third-order valence-corrected chi connectivity index (χ3v) is 6.48. The molecule has 0 aliphatic carbocycles. The van der Waals surface area contributed by atoms with Gasteiger partial charge in [0.05, 0.1) is 32.7 Å². The van der Waals surface area contributed by atoms with Crippen molar-refractivity contribution in [2.45, 2.75) is 50.5 Å². The lowest BCUT2D eigenvalue weighted by molar-refractivity contribution is -0.314. The van der Waals surface area contributed by atoms with E-state index in [-0.39, 0.29) is 26.4 Å². The molecule has 3 aromatic carbocycles. The van der Waals surface area contributed by atoms with E-state index in [1.54, 1.807) is 0 Å². The predicted octanol–water partition coefficient (Wildman–Crippen LogP) is 3.44. The zero-order valence-electron chi connectivity index (χ0n) is 20.6. The smallest absolute Gasteiger partial charge is 0.264 e. The molecule has 5 atom stereocenters. The average molecular weight is 529 g/mol. The van der Waals surface area contributed by atoms with Crippen LogP contribution in [0.25, 0.3) is 0 Å². The Kier molecular flexibility index (Phi) is 9.81. The number of rotatable bonds is 12. The number of hydrogen-bond acceptors (Lipinski definition) is 8. The van der Waals surface area contributed by atoms with E-state index in [2.05, 4.69) is 0 Å². The van der Waals surface area contributed by atoms with Gasteiger partial charge in [0.2, 0.25) is 0 Å². The molecule has 1 saturated heterocycles. The van der Waals surface area contributed by atoms with Crippen molar-refractivity contribution in [1.29, 1.82) is 0 Å². The number of benzene rings is 3. The van der Waals surface area contributed by atoms with Crippen LogP contribution in [0.3, 0.4) is 0 Å². The summed E-state index contributed by atoms with van der Waals surface area (Å²) in [4.78, 5) is 0. The summed E-state index contributed by atoms with van der Waals surface area (Å²) in [7, 11) is -3.75. The predicted molar refractivity (Wildman–Crippen MR) is 137 cm³/mol. The highest BCUT2D eigenvalue weighted by Gasteiger charge is 2.48. The maximum atomic E-state index is 11.7. The molecule has 0 radical (unpaired) electrons. The fourth-order valence-corrected chi connectivity index (χ4v) is 4.47. The fourth-order valence-electron chi connectivity index (χ4n) is 4.09. The summed E-state index contributed by atoms with van der Waals surface area (Å²) >= 11 is 0. The standard InChI is InChI=1S/C28H32O8S/c1-37(30,31)35-20-24-25(32-17-21-11-5-2-6-12-21)26(33-18-22-13-7-3-8-14-22)27(28(29)36-24)34-19-23-15-9-4-10-16-23/h2-16,24-29H,17-20H2,1H3/t24?,25-,26?,27?,28+/m1/s1. The molecule has 37 heavy (non-hydrogen) atoms. The van der Waals surface area contributed by atoms with Crippen LogP contribution in [0.1, 0.15) is 16.7 Å². The molecule has 1 aliphatic rings. The molecular weight excluding hydrogens is 496 g/mol. The van der Waals surface area contributed by atoms with Gasteiger partial charge in [-0.2, -0.15) is 8.42 Å². The summed E-state index contributed by atoms with van der Waals surface area (Å²) < 4.78 is 53.0. The summed E-state index contributed by atoms with van der Waals surface area (Å²) in [5.41, 5.74) is 2.76. The molecule has 0 saturated carbocycles. The third-order valence-electron chi connectivity index (χ3n) is 5.91. The molecule has 4 rings (SSSR count). The van der Waals surface area contributed by atoms with Crippen molar-refractivity contribution in [3.05, 3.63) is 108 Å². The molecule has 8 nitrogen and oxygen atoms in total. The number of aliphatic hydroxyl groups excluding tert-OH is 1. The average Bonchev–Trinajstić information content (AvgIpc) is 2.90. The summed E-state index contributed by atoms with van der Waals surface area (Å²) in [5.74, 6) is 0. The minimum absolute atomic E-state index is 0.215. The van der Waals surface area contributed by atoms with Crippen molar-refractivity contribution in [2.75, 3.05) is 12.9 Å². The molecule has 3 aromatic rings. The van der Waals surface area contributed by atoms with Crippen LogP contribution in [0.2, 0.25) is 0 Å². The minimum Gasteiger partial charge on any atom is -0.368 e. The quantitative estimate of drug-likeness (QED) is 0.357. The topological polar surface area (TPSA) is 101 Å². The maximum Gasteiger partial charge on any atom is 0.264 e. The first-order valence-electron chi connectivity index (χ1n) is 12.0. The first-order chi connectivity index (χ1) is 17.9. The maximum absolute atomic E-state index is 11.7. The molecule has 1 N–H and O–H groups in total. The Morgan fingerprint density at radius 2 is 1.08 bits per heavy atom. The van der Waals surface area contributed by atoms with Crippen LogP contribution in [-0.4, -0.2) is 57.1 Å². The Hall–Kier alpha value is -2.63. The normalized spacial score (nSPS) is 24.1. The molecule has 0 amide bonds. The highest BCUT2D eigenvalue weighted by Crippen LogP contribution is 2.30. The second-order valence-corrected chi connectivity index (χ2v) is 10.5. The van der Waals surface area contributed by atoms with Gasteiger partial charge in [0.15, 0.2) is 6.29 Å². The summed E-state index contributed by atoms with van der Waals surface area (Å²) in [6, 6.07) is 28.7. The van der Waals surface area contributed by atoms with E-state index in [9.17, 15) is 13.5 Å². The van der Waals surface area contributed by atoms with Crippen molar-refractivity contribution in [1.82, 2.24) is 0 Å². The van der Waals surface area contributed by atoms with Crippen LogP contribution in [0, 0.1) is 0 Å². The molecule has 3 unspecified atom stereocenters. The second-order valence-electron chi connectivity index (χ2n) is 8.84. The van der Waals surface area contributed by atoms with Crippen LogP contribution in [0.5, 0.6) is 0 Å². The van der Waals surface area contributed by atoms with Gasteiger partial charge in [0.25, 0.3) is 10.1 Å². The van der Waals surface area contributed by atoms with E-state index in [0.29, 0.717) is 0 Å². The molecule has 1 fully saturated rings. The Bertz CT molecular complexity index is 1170. The number of aliphatic hydroxyl groups is 1. The van der Waals surface area contributed by atoms with Crippen molar-refractivity contribution < 1.29 is 36.7 Å². The molecular formula is C28H32O8S. The largest absolute Gasteiger partial charge is 0.368 e. The third kappa shape index (κ3) is 8.44. The first kappa shape index (κ1) is 27.4.